The molecule has 2 atom stereocenters. The SMILES string of the molecule is COc1ccc(-c2cc3c4c(c2)[C@@H]2CNCC[C@@H]2N4CCCO3)c(C(F)(F)F)c1. The summed E-state index contributed by atoms with van der Waals surface area (Å²) in [6, 6.07) is 8.25. The highest BCUT2D eigenvalue weighted by Crippen LogP contribution is 2.51. The summed E-state index contributed by atoms with van der Waals surface area (Å²) < 4.78 is 52.5. The fraction of sp³-hybridized carbons (Fsp3) is 0.455. The summed E-state index contributed by atoms with van der Waals surface area (Å²) >= 11 is 0. The van der Waals surface area contributed by atoms with Crippen LogP contribution >= 0.6 is 0 Å². The number of methoxy groups -OCH3 is 1. The average Bonchev–Trinajstić information content (AvgIpc) is 2.88. The standard InChI is InChI=1S/C22H23F3N2O2/c1-28-14-3-4-15(18(11-14)22(23,24)25)13-9-16-17-12-26-6-5-19(17)27-7-2-8-29-20(10-13)21(16)27/h3-4,9-11,17,19,26H,2,5-8,12H2,1H3/t17-,19-/m0/s1. The summed E-state index contributed by atoms with van der Waals surface area (Å²) in [7, 11) is 1.37. The number of hydrogen-bond acceptors (Lipinski definition) is 4. The number of alkyl halides is 3. The Morgan fingerprint density at radius 1 is 1.21 bits per heavy atom. The van der Waals surface area contributed by atoms with Crippen LogP contribution in [0.1, 0.15) is 29.9 Å². The molecule has 0 aliphatic carbocycles. The van der Waals surface area contributed by atoms with E-state index in [1.54, 1.807) is 12.1 Å². The van der Waals surface area contributed by atoms with Crippen LogP contribution in [-0.4, -0.2) is 39.4 Å². The van der Waals surface area contributed by atoms with Crippen molar-refractivity contribution >= 4 is 5.69 Å². The molecule has 7 heteroatoms. The molecule has 1 saturated heterocycles. The Morgan fingerprint density at radius 2 is 2.07 bits per heavy atom. The van der Waals surface area contributed by atoms with Crippen molar-refractivity contribution in [2.24, 2.45) is 0 Å². The molecule has 0 unspecified atom stereocenters. The van der Waals surface area contributed by atoms with E-state index in [0.29, 0.717) is 24.0 Å². The molecule has 3 aliphatic heterocycles. The van der Waals surface area contributed by atoms with Crippen LogP contribution in [0.25, 0.3) is 11.1 Å². The lowest BCUT2D eigenvalue weighted by Gasteiger charge is -2.33. The van der Waals surface area contributed by atoms with E-state index in [0.717, 1.165) is 49.8 Å². The van der Waals surface area contributed by atoms with E-state index in [1.807, 2.05) is 6.07 Å². The number of rotatable bonds is 2. The molecular formula is C22H23F3N2O2. The lowest BCUT2D eigenvalue weighted by atomic mass is 9.88. The highest BCUT2D eigenvalue weighted by atomic mass is 19.4. The number of ether oxygens (including phenoxy) is 2. The molecule has 29 heavy (non-hydrogen) atoms. The fourth-order valence-electron chi connectivity index (χ4n) is 5.02. The highest BCUT2D eigenvalue weighted by Gasteiger charge is 2.43. The highest BCUT2D eigenvalue weighted by molar-refractivity contribution is 5.80. The number of anilines is 1. The first-order valence-corrected chi connectivity index (χ1v) is 10.0. The maximum atomic E-state index is 13.8. The number of halogens is 3. The van der Waals surface area contributed by atoms with Crippen LogP contribution in [0.2, 0.25) is 0 Å². The third-order valence-corrected chi connectivity index (χ3v) is 6.28. The maximum Gasteiger partial charge on any atom is 0.417 e. The third kappa shape index (κ3) is 3.03. The molecule has 2 aromatic rings. The van der Waals surface area contributed by atoms with E-state index >= 15 is 0 Å². The molecule has 0 radical (unpaired) electrons. The van der Waals surface area contributed by atoms with Gasteiger partial charge in [-0.3, -0.25) is 0 Å². The summed E-state index contributed by atoms with van der Waals surface area (Å²) in [5.74, 6) is 1.17. The second kappa shape index (κ2) is 6.83. The van der Waals surface area contributed by atoms with Gasteiger partial charge < -0.3 is 19.7 Å². The molecule has 3 heterocycles. The van der Waals surface area contributed by atoms with Gasteiger partial charge in [0, 0.05) is 25.0 Å². The van der Waals surface area contributed by atoms with Gasteiger partial charge in [-0.05, 0) is 60.3 Å². The molecule has 154 valence electrons. The minimum atomic E-state index is -4.47. The first-order chi connectivity index (χ1) is 14.0. The Bertz CT molecular complexity index is 944. The first-order valence-electron chi connectivity index (χ1n) is 10.0. The third-order valence-electron chi connectivity index (χ3n) is 6.28. The van der Waals surface area contributed by atoms with Crippen molar-refractivity contribution < 1.29 is 22.6 Å². The Hall–Kier alpha value is -2.41. The molecule has 5 rings (SSSR count). The van der Waals surface area contributed by atoms with E-state index in [9.17, 15) is 13.2 Å². The van der Waals surface area contributed by atoms with Gasteiger partial charge in [0.1, 0.15) is 11.5 Å². The topological polar surface area (TPSA) is 33.7 Å². The van der Waals surface area contributed by atoms with Crippen LogP contribution in [0.15, 0.2) is 30.3 Å². The van der Waals surface area contributed by atoms with Gasteiger partial charge in [0.15, 0.2) is 0 Å². The summed E-state index contributed by atoms with van der Waals surface area (Å²) in [6.07, 6.45) is -2.53. The summed E-state index contributed by atoms with van der Waals surface area (Å²) in [4.78, 5) is 2.42. The second-order valence-corrected chi connectivity index (χ2v) is 7.88. The van der Waals surface area contributed by atoms with E-state index in [2.05, 4.69) is 10.2 Å². The molecule has 0 amide bonds. The van der Waals surface area contributed by atoms with Gasteiger partial charge >= 0.3 is 6.18 Å². The van der Waals surface area contributed by atoms with Crippen molar-refractivity contribution in [3.8, 4) is 22.6 Å². The lowest BCUT2D eigenvalue weighted by molar-refractivity contribution is -0.137. The number of nitrogens with one attached hydrogen (secondary N) is 1. The van der Waals surface area contributed by atoms with Crippen molar-refractivity contribution in [3.05, 3.63) is 41.5 Å². The quantitative estimate of drug-likeness (QED) is 0.803. The molecule has 1 N–H and O–H groups in total. The van der Waals surface area contributed by atoms with Crippen molar-refractivity contribution in [3.63, 3.8) is 0 Å². The van der Waals surface area contributed by atoms with E-state index in [1.165, 1.54) is 13.2 Å². The molecule has 3 aliphatic rings. The molecule has 0 saturated carbocycles. The molecule has 4 nitrogen and oxygen atoms in total. The number of benzene rings is 2. The van der Waals surface area contributed by atoms with Gasteiger partial charge in [0.2, 0.25) is 0 Å². The first kappa shape index (κ1) is 18.6. The largest absolute Gasteiger partial charge is 0.497 e. The Balaban J connectivity index is 1.69. The molecular weight excluding hydrogens is 381 g/mol. The van der Waals surface area contributed by atoms with Crippen molar-refractivity contribution in [2.45, 2.75) is 31.0 Å². The second-order valence-electron chi connectivity index (χ2n) is 7.88. The van der Waals surface area contributed by atoms with E-state index in [-0.39, 0.29) is 17.2 Å². The zero-order chi connectivity index (χ0) is 20.2. The predicted molar refractivity (Wildman–Crippen MR) is 105 cm³/mol. The molecule has 2 aromatic carbocycles. The van der Waals surface area contributed by atoms with Crippen molar-refractivity contribution in [1.29, 1.82) is 0 Å². The van der Waals surface area contributed by atoms with Gasteiger partial charge in [0.25, 0.3) is 0 Å². The maximum absolute atomic E-state index is 13.8. The van der Waals surface area contributed by atoms with Crippen molar-refractivity contribution in [2.75, 3.05) is 38.3 Å². The minimum absolute atomic E-state index is 0.156. The van der Waals surface area contributed by atoms with Crippen molar-refractivity contribution in [1.82, 2.24) is 5.32 Å². The van der Waals surface area contributed by atoms with Gasteiger partial charge in [-0.25, -0.2) is 0 Å². The summed E-state index contributed by atoms with van der Waals surface area (Å²) in [5, 5.41) is 3.44. The number of piperidine rings is 1. The zero-order valence-corrected chi connectivity index (χ0v) is 16.2. The monoisotopic (exact) mass is 404 g/mol. The average molecular weight is 404 g/mol. The van der Waals surface area contributed by atoms with Gasteiger partial charge in [-0.1, -0.05) is 6.07 Å². The van der Waals surface area contributed by atoms with Crippen LogP contribution < -0.4 is 19.7 Å². The number of hydrogen-bond donors (Lipinski definition) is 1. The van der Waals surface area contributed by atoms with Crippen LogP contribution in [0.5, 0.6) is 11.5 Å². The molecule has 0 spiro atoms. The predicted octanol–water partition coefficient (Wildman–Crippen LogP) is 4.43. The van der Waals surface area contributed by atoms with Crippen LogP contribution in [0.3, 0.4) is 0 Å². The summed E-state index contributed by atoms with van der Waals surface area (Å²) in [6.45, 7) is 3.31. The smallest absolute Gasteiger partial charge is 0.417 e. The van der Waals surface area contributed by atoms with Crippen LogP contribution in [0.4, 0.5) is 18.9 Å². The molecule has 1 fully saturated rings. The van der Waals surface area contributed by atoms with E-state index < -0.39 is 11.7 Å². The molecule has 0 aromatic heterocycles. The fourth-order valence-corrected chi connectivity index (χ4v) is 5.02. The van der Waals surface area contributed by atoms with Gasteiger partial charge in [-0.15, -0.1) is 0 Å². The zero-order valence-electron chi connectivity index (χ0n) is 16.2. The lowest BCUT2D eigenvalue weighted by Crippen LogP contribution is -2.44. The Kier molecular flexibility index (Phi) is 4.38. The van der Waals surface area contributed by atoms with Crippen LogP contribution in [-0.2, 0) is 6.18 Å². The van der Waals surface area contributed by atoms with Gasteiger partial charge in [0.05, 0.1) is 25.0 Å². The Labute approximate surface area is 167 Å². The van der Waals surface area contributed by atoms with Crippen LogP contribution in [0, 0.1) is 0 Å². The van der Waals surface area contributed by atoms with Gasteiger partial charge in [-0.2, -0.15) is 13.2 Å². The number of nitrogens with zero attached hydrogens (tertiary/aromatic N) is 1. The summed E-state index contributed by atoms with van der Waals surface area (Å²) in [5.41, 5.74) is 2.18. The van der Waals surface area contributed by atoms with E-state index in [4.69, 9.17) is 9.47 Å². The molecule has 0 bridgehead atoms. The minimum Gasteiger partial charge on any atom is -0.497 e. The number of fused-ring (bicyclic) bond motifs is 3. The Morgan fingerprint density at radius 3 is 2.86 bits per heavy atom. The normalized spacial score (nSPS) is 23.1.